The number of fused-ring (bicyclic) bond motifs is 1. The second kappa shape index (κ2) is 8.05. The van der Waals surface area contributed by atoms with E-state index in [0.29, 0.717) is 0 Å². The SMILES string of the molecule is CN1CCC(N2CCN(C(=O)c3cc4c(s3)CN(C3CCCC3)C4)CC2)CC1. The number of piperazine rings is 1. The monoisotopic (exact) mass is 402 g/mol. The van der Waals surface area contributed by atoms with Gasteiger partial charge in [0.1, 0.15) is 0 Å². The topological polar surface area (TPSA) is 30.0 Å². The lowest BCUT2D eigenvalue weighted by molar-refractivity contribution is 0.0478. The molecule has 28 heavy (non-hydrogen) atoms. The Morgan fingerprint density at radius 1 is 0.893 bits per heavy atom. The van der Waals surface area contributed by atoms with E-state index >= 15 is 0 Å². The van der Waals surface area contributed by atoms with Crippen LogP contribution in [0, 0.1) is 0 Å². The molecule has 0 atom stereocenters. The molecule has 3 aliphatic heterocycles. The van der Waals surface area contributed by atoms with E-state index in [9.17, 15) is 4.79 Å². The molecule has 1 aromatic rings. The fourth-order valence-corrected chi connectivity index (χ4v) is 6.80. The lowest BCUT2D eigenvalue weighted by Gasteiger charge is -2.42. The van der Waals surface area contributed by atoms with Crippen molar-refractivity contribution in [1.82, 2.24) is 19.6 Å². The first-order valence-corrected chi connectivity index (χ1v) is 12.1. The minimum Gasteiger partial charge on any atom is -0.335 e. The summed E-state index contributed by atoms with van der Waals surface area (Å²) in [6.45, 7) is 8.42. The average molecular weight is 403 g/mol. The van der Waals surface area contributed by atoms with Gasteiger partial charge in [-0.15, -0.1) is 11.3 Å². The molecule has 3 fully saturated rings. The molecule has 0 aromatic carbocycles. The number of thiophene rings is 1. The van der Waals surface area contributed by atoms with Crippen LogP contribution in [0.3, 0.4) is 0 Å². The van der Waals surface area contributed by atoms with Crippen molar-refractivity contribution < 1.29 is 4.79 Å². The number of hydrogen-bond acceptors (Lipinski definition) is 5. The third kappa shape index (κ3) is 3.76. The summed E-state index contributed by atoms with van der Waals surface area (Å²) in [4.78, 5) is 25.3. The van der Waals surface area contributed by atoms with E-state index in [4.69, 9.17) is 0 Å². The fraction of sp³-hybridized carbons (Fsp3) is 0.773. The van der Waals surface area contributed by atoms with E-state index in [-0.39, 0.29) is 5.91 Å². The highest BCUT2D eigenvalue weighted by Crippen LogP contribution is 2.36. The zero-order chi connectivity index (χ0) is 19.1. The van der Waals surface area contributed by atoms with Crippen molar-refractivity contribution in [2.75, 3.05) is 46.3 Å². The number of piperidine rings is 1. The van der Waals surface area contributed by atoms with Crippen molar-refractivity contribution in [2.45, 2.75) is 63.7 Å². The Labute approximate surface area is 173 Å². The van der Waals surface area contributed by atoms with Gasteiger partial charge >= 0.3 is 0 Å². The quantitative estimate of drug-likeness (QED) is 0.778. The Bertz CT molecular complexity index is 674. The number of hydrogen-bond donors (Lipinski definition) is 0. The van der Waals surface area contributed by atoms with Crippen molar-refractivity contribution in [3.05, 3.63) is 21.4 Å². The Morgan fingerprint density at radius 3 is 2.25 bits per heavy atom. The van der Waals surface area contributed by atoms with E-state index < -0.39 is 0 Å². The first-order valence-electron chi connectivity index (χ1n) is 11.2. The third-order valence-corrected chi connectivity index (χ3v) is 8.62. The normalized spacial score (nSPS) is 26.2. The Kier molecular flexibility index (Phi) is 5.48. The van der Waals surface area contributed by atoms with Crippen LogP contribution in [0.15, 0.2) is 6.07 Å². The van der Waals surface area contributed by atoms with Crippen LogP contribution in [-0.2, 0) is 13.1 Å². The van der Waals surface area contributed by atoms with Gasteiger partial charge in [0.2, 0.25) is 0 Å². The number of rotatable bonds is 3. The van der Waals surface area contributed by atoms with E-state index in [1.807, 2.05) is 0 Å². The summed E-state index contributed by atoms with van der Waals surface area (Å²) in [5.41, 5.74) is 1.42. The van der Waals surface area contributed by atoms with E-state index in [1.54, 1.807) is 11.3 Å². The van der Waals surface area contributed by atoms with Gasteiger partial charge in [0, 0.05) is 56.2 Å². The molecule has 154 valence electrons. The van der Waals surface area contributed by atoms with Crippen LogP contribution >= 0.6 is 11.3 Å². The number of amides is 1. The Balaban J connectivity index is 1.15. The standard InChI is InChI=1S/C22H34N4OS/c1-23-8-6-19(7-9-23)24-10-12-25(13-11-24)22(27)20-14-17-15-26(16-21(17)28-20)18-4-2-3-5-18/h14,18-19H,2-13,15-16H2,1H3. The predicted molar refractivity (Wildman–Crippen MR) is 114 cm³/mol. The molecule has 5 nitrogen and oxygen atoms in total. The van der Waals surface area contributed by atoms with Crippen molar-refractivity contribution in [3.8, 4) is 0 Å². The highest BCUT2D eigenvalue weighted by molar-refractivity contribution is 7.14. The van der Waals surface area contributed by atoms with E-state index in [2.05, 4.69) is 32.7 Å². The molecule has 4 heterocycles. The molecule has 0 unspecified atom stereocenters. The first-order chi connectivity index (χ1) is 13.7. The van der Waals surface area contributed by atoms with Gasteiger partial charge in [-0.25, -0.2) is 0 Å². The zero-order valence-electron chi connectivity index (χ0n) is 17.2. The van der Waals surface area contributed by atoms with Gasteiger partial charge in [0.15, 0.2) is 0 Å². The molecular formula is C22H34N4OS. The van der Waals surface area contributed by atoms with Crippen LogP contribution < -0.4 is 0 Å². The minimum absolute atomic E-state index is 0.273. The molecule has 0 bridgehead atoms. The molecule has 0 N–H and O–H groups in total. The molecule has 6 heteroatoms. The highest BCUT2D eigenvalue weighted by Gasteiger charge is 2.32. The molecular weight excluding hydrogens is 368 g/mol. The highest BCUT2D eigenvalue weighted by atomic mass is 32.1. The molecule has 1 saturated carbocycles. The molecule has 4 aliphatic rings. The zero-order valence-corrected chi connectivity index (χ0v) is 18.1. The van der Waals surface area contributed by atoms with Crippen LogP contribution in [0.1, 0.15) is 58.6 Å². The molecule has 0 radical (unpaired) electrons. The van der Waals surface area contributed by atoms with Gasteiger partial charge in [-0.05, 0) is 57.5 Å². The number of carbonyl (C=O) groups is 1. The predicted octanol–water partition coefficient (Wildman–Crippen LogP) is 2.86. The van der Waals surface area contributed by atoms with Crippen LogP contribution in [0.2, 0.25) is 0 Å². The Hall–Kier alpha value is -0.950. The molecule has 5 rings (SSSR count). The van der Waals surface area contributed by atoms with Gasteiger partial charge in [-0.1, -0.05) is 12.8 Å². The van der Waals surface area contributed by atoms with E-state index in [0.717, 1.165) is 56.2 Å². The van der Waals surface area contributed by atoms with Gasteiger partial charge in [-0.3, -0.25) is 14.6 Å². The summed E-state index contributed by atoms with van der Waals surface area (Å²) in [5.74, 6) is 0.273. The maximum absolute atomic E-state index is 13.1. The summed E-state index contributed by atoms with van der Waals surface area (Å²) in [7, 11) is 2.22. The van der Waals surface area contributed by atoms with Crippen LogP contribution in [0.5, 0.6) is 0 Å². The number of nitrogens with zero attached hydrogens (tertiary/aromatic N) is 4. The van der Waals surface area contributed by atoms with Crippen LogP contribution in [0.25, 0.3) is 0 Å². The van der Waals surface area contributed by atoms with Crippen molar-refractivity contribution >= 4 is 17.2 Å². The summed E-state index contributed by atoms with van der Waals surface area (Å²) >= 11 is 1.76. The Morgan fingerprint density at radius 2 is 1.57 bits per heavy atom. The third-order valence-electron chi connectivity index (χ3n) is 7.47. The molecule has 2 saturated heterocycles. The molecule has 1 amide bonds. The van der Waals surface area contributed by atoms with Crippen molar-refractivity contribution in [1.29, 1.82) is 0 Å². The summed E-state index contributed by atoms with van der Waals surface area (Å²) in [5, 5.41) is 0. The summed E-state index contributed by atoms with van der Waals surface area (Å²) < 4.78 is 0. The van der Waals surface area contributed by atoms with Gasteiger partial charge in [0.25, 0.3) is 5.91 Å². The van der Waals surface area contributed by atoms with Gasteiger partial charge in [-0.2, -0.15) is 0 Å². The molecule has 1 aliphatic carbocycles. The maximum atomic E-state index is 13.1. The summed E-state index contributed by atoms with van der Waals surface area (Å²) in [6.07, 6.45) is 8.06. The molecule has 0 spiro atoms. The van der Waals surface area contributed by atoms with Crippen molar-refractivity contribution in [2.24, 2.45) is 0 Å². The second-order valence-electron chi connectivity index (χ2n) is 9.26. The minimum atomic E-state index is 0.273. The lowest BCUT2D eigenvalue weighted by Crippen LogP contribution is -2.54. The van der Waals surface area contributed by atoms with Crippen LogP contribution in [0.4, 0.5) is 0 Å². The number of carbonyl (C=O) groups excluding carboxylic acids is 1. The largest absolute Gasteiger partial charge is 0.335 e. The lowest BCUT2D eigenvalue weighted by atomic mass is 10.0. The number of likely N-dealkylation sites (tertiary alicyclic amines) is 1. The van der Waals surface area contributed by atoms with Gasteiger partial charge < -0.3 is 9.80 Å². The second-order valence-corrected chi connectivity index (χ2v) is 10.4. The van der Waals surface area contributed by atoms with Crippen molar-refractivity contribution in [3.63, 3.8) is 0 Å². The van der Waals surface area contributed by atoms with Gasteiger partial charge in [0.05, 0.1) is 4.88 Å². The molecule has 1 aromatic heterocycles. The fourth-order valence-electron chi connectivity index (χ4n) is 5.63. The smallest absolute Gasteiger partial charge is 0.264 e. The average Bonchev–Trinajstić information content (AvgIpc) is 3.44. The first kappa shape index (κ1) is 19.0. The summed E-state index contributed by atoms with van der Waals surface area (Å²) in [6, 6.07) is 3.72. The van der Waals surface area contributed by atoms with Crippen LogP contribution in [-0.4, -0.2) is 83.9 Å². The maximum Gasteiger partial charge on any atom is 0.264 e. The van der Waals surface area contributed by atoms with E-state index in [1.165, 1.54) is 62.1 Å².